The zero-order valence-electron chi connectivity index (χ0n) is 34.3. The van der Waals surface area contributed by atoms with Gasteiger partial charge in [-0.1, -0.05) is 67.3 Å². The van der Waals surface area contributed by atoms with Crippen LogP contribution in [-0.2, 0) is 0 Å². The van der Waals surface area contributed by atoms with Gasteiger partial charge in [-0.25, -0.2) is 0 Å². The fourth-order valence-electron chi connectivity index (χ4n) is 8.63. The topological polar surface area (TPSA) is 41.6 Å². The third-order valence-electron chi connectivity index (χ3n) is 11.8. The quantitative estimate of drug-likeness (QED) is 0.151. The van der Waals surface area contributed by atoms with E-state index in [1.165, 1.54) is 25.7 Å². The maximum atomic E-state index is 6.34. The first-order chi connectivity index (χ1) is 30.6. The summed E-state index contributed by atoms with van der Waals surface area (Å²) in [5.41, 5.74) is 26.5. The largest absolute Gasteiger partial charge is 0.461 e. The van der Waals surface area contributed by atoms with Gasteiger partial charge in [0.2, 0.25) is 0 Å². The molecule has 3 aromatic carbocycles. The molecule has 0 atom stereocenters. The number of nitrogens with zero attached hydrogens (tertiary/aromatic N) is 3. The lowest BCUT2D eigenvalue weighted by molar-refractivity contribution is 0.577. The number of aryl methyl sites for hydroxylation is 1. The summed E-state index contributed by atoms with van der Waals surface area (Å²) in [4.78, 5) is 11.7. The van der Waals surface area contributed by atoms with Crippen LogP contribution in [0.4, 0.5) is 5.69 Å². The number of furan rings is 1. The van der Waals surface area contributed by atoms with Gasteiger partial charge in [-0.05, 0) is 134 Å². The van der Waals surface area contributed by atoms with Crippen molar-refractivity contribution in [1.29, 1.82) is 0 Å². The molecule has 0 N–H and O–H groups in total. The van der Waals surface area contributed by atoms with E-state index in [0.717, 1.165) is 103 Å². The molecule has 3 aromatic heterocycles. The van der Waals surface area contributed by atoms with Gasteiger partial charge in [0.25, 0.3) is 0 Å². The van der Waals surface area contributed by atoms with Crippen molar-refractivity contribution in [1.82, 2.24) is 4.98 Å². The standard InChI is InChI=1S/C57H39N3OS/c1-3-38(34-49-37(2)61-55-27-22-43(35-50(49)55)53-17-10-12-30-59-53)41-19-23-45-33-44(32-41)47-25-20-39(40-13-6-7-14-42(31-40)52-16-5-4-11-29-58-52)21-26-54(47)60(45)46-24-28-57-51(36-46)48-15-8-9-18-56(48)62-57/h4-15,17-19,21-30,32,34-36H,3,16H2,1-2H3/b38-34+. The highest BCUT2D eigenvalue weighted by Gasteiger charge is 2.26. The average molecular weight is 814 g/mol. The Hall–Kier alpha value is -7.74. The van der Waals surface area contributed by atoms with Crippen LogP contribution in [0, 0.1) is 6.92 Å². The second-order valence-corrected chi connectivity index (χ2v) is 16.6. The summed E-state index contributed by atoms with van der Waals surface area (Å²) in [6, 6.07) is 27.9. The lowest BCUT2D eigenvalue weighted by atomic mass is 9.94. The van der Waals surface area contributed by atoms with E-state index in [1.54, 1.807) is 0 Å². The van der Waals surface area contributed by atoms with Crippen LogP contribution in [0.3, 0.4) is 0 Å². The minimum atomic E-state index is 0.744. The summed E-state index contributed by atoms with van der Waals surface area (Å²) in [5, 5.41) is 3.59. The summed E-state index contributed by atoms with van der Waals surface area (Å²) < 4.78 is 8.90. The Kier molecular flexibility index (Phi) is 9.44. The number of anilines is 1. The first-order valence-electron chi connectivity index (χ1n) is 21.0. The van der Waals surface area contributed by atoms with E-state index in [-0.39, 0.29) is 0 Å². The molecule has 0 saturated carbocycles. The van der Waals surface area contributed by atoms with Crippen molar-refractivity contribution in [3.63, 3.8) is 0 Å². The lowest BCUT2D eigenvalue weighted by Crippen LogP contribution is -2.23. The van der Waals surface area contributed by atoms with E-state index < -0.39 is 0 Å². The zero-order valence-corrected chi connectivity index (χ0v) is 35.1. The van der Waals surface area contributed by atoms with Crippen molar-refractivity contribution in [2.45, 2.75) is 26.7 Å². The van der Waals surface area contributed by atoms with Gasteiger partial charge in [-0.3, -0.25) is 9.98 Å². The summed E-state index contributed by atoms with van der Waals surface area (Å²) in [5.74, 6) is 0.886. The second-order valence-electron chi connectivity index (χ2n) is 15.5. The molecule has 0 spiro atoms. The van der Waals surface area contributed by atoms with Gasteiger partial charge >= 0.3 is 0 Å². The maximum Gasteiger partial charge on any atom is 0.134 e. The van der Waals surface area contributed by atoms with Gasteiger partial charge in [-0.15, -0.1) is 22.8 Å². The van der Waals surface area contributed by atoms with Gasteiger partial charge in [0.05, 0.1) is 22.8 Å². The molecule has 2 bridgehead atoms. The van der Waals surface area contributed by atoms with Gasteiger partial charge in [0.1, 0.15) is 11.3 Å². The van der Waals surface area contributed by atoms with Gasteiger partial charge < -0.3 is 9.32 Å². The average Bonchev–Trinajstić information content (AvgIpc) is 3.54. The first kappa shape index (κ1) is 37.3. The van der Waals surface area contributed by atoms with Gasteiger partial charge in [-0.2, -0.15) is 0 Å². The van der Waals surface area contributed by atoms with Gasteiger partial charge in [0, 0.05) is 89.1 Å². The number of hydrogen-bond donors (Lipinski definition) is 0. The van der Waals surface area contributed by atoms with Crippen LogP contribution in [0.2, 0.25) is 0 Å². The zero-order chi connectivity index (χ0) is 41.6. The SMILES string of the molecule is CC/C(=C\c1c(C)oc2ccc(-c3ccccn3)cc12)C1=CC2=C=C(C=C1)N(c1ccc3sc4ccccc4c3c1)C1=C2C=C=C(C2=C=C(C3=NC=CC=CC3)C=CC=C2)C=C1. The molecule has 0 radical (unpaired) electrons. The number of hydrogen-bond acceptors (Lipinski definition) is 5. The van der Waals surface area contributed by atoms with Crippen LogP contribution in [0.25, 0.3) is 48.5 Å². The smallest absolute Gasteiger partial charge is 0.134 e. The minimum Gasteiger partial charge on any atom is -0.461 e. The molecule has 5 heteroatoms. The number of allylic oxidation sites excluding steroid dienone is 17. The van der Waals surface area contributed by atoms with Crippen molar-refractivity contribution in [3.8, 4) is 11.3 Å². The number of benzene rings is 3. The molecule has 0 saturated heterocycles. The minimum absolute atomic E-state index is 0.744. The number of rotatable bonds is 7. The molecule has 2 aliphatic heterocycles. The molecule has 0 unspecified atom stereocenters. The van der Waals surface area contributed by atoms with E-state index in [0.29, 0.717) is 0 Å². The van der Waals surface area contributed by atoms with Crippen molar-refractivity contribution in [2.24, 2.45) is 4.99 Å². The molecular weight excluding hydrogens is 775 g/mol. The van der Waals surface area contributed by atoms with Crippen LogP contribution in [0.1, 0.15) is 31.1 Å². The van der Waals surface area contributed by atoms with Crippen molar-refractivity contribution in [2.75, 3.05) is 4.90 Å². The van der Waals surface area contributed by atoms with Crippen LogP contribution >= 0.6 is 11.3 Å². The Morgan fingerprint density at radius 3 is 2.58 bits per heavy atom. The van der Waals surface area contributed by atoms with Crippen LogP contribution < -0.4 is 4.90 Å². The highest BCUT2D eigenvalue weighted by Crippen LogP contribution is 2.42. The molecule has 3 aliphatic carbocycles. The highest BCUT2D eigenvalue weighted by molar-refractivity contribution is 7.25. The summed E-state index contributed by atoms with van der Waals surface area (Å²) >= 11 is 1.83. The van der Waals surface area contributed by atoms with Crippen LogP contribution in [0.15, 0.2) is 247 Å². The van der Waals surface area contributed by atoms with Crippen molar-refractivity contribution in [3.05, 3.63) is 249 Å². The predicted octanol–water partition coefficient (Wildman–Crippen LogP) is 14.8. The van der Waals surface area contributed by atoms with Crippen molar-refractivity contribution < 1.29 is 4.42 Å². The molecule has 6 aromatic rings. The molecule has 4 nitrogen and oxygen atoms in total. The number of fused-ring (bicyclic) bond motifs is 5. The lowest BCUT2D eigenvalue weighted by Gasteiger charge is -2.30. The molecular formula is C57H39N3OS. The monoisotopic (exact) mass is 813 g/mol. The van der Waals surface area contributed by atoms with E-state index >= 15 is 0 Å². The molecule has 5 heterocycles. The van der Waals surface area contributed by atoms with E-state index in [2.05, 4.69) is 175 Å². The molecule has 62 heavy (non-hydrogen) atoms. The Morgan fingerprint density at radius 2 is 1.68 bits per heavy atom. The normalized spacial score (nSPS) is 17.0. The van der Waals surface area contributed by atoms with E-state index in [9.17, 15) is 0 Å². The summed E-state index contributed by atoms with van der Waals surface area (Å²) in [6.07, 6.45) is 35.3. The van der Waals surface area contributed by atoms with Gasteiger partial charge in [0.15, 0.2) is 0 Å². The Morgan fingerprint density at radius 1 is 0.790 bits per heavy atom. The third kappa shape index (κ3) is 6.79. The predicted molar refractivity (Wildman–Crippen MR) is 259 cm³/mol. The Labute approximate surface area is 364 Å². The summed E-state index contributed by atoms with van der Waals surface area (Å²) in [7, 11) is 0. The van der Waals surface area contributed by atoms with Crippen LogP contribution in [-0.4, -0.2) is 10.7 Å². The maximum absolute atomic E-state index is 6.34. The third-order valence-corrected chi connectivity index (χ3v) is 12.9. The number of pyridine rings is 1. The fraction of sp³-hybridized carbons (Fsp3) is 0.0702. The first-order valence-corrected chi connectivity index (χ1v) is 21.8. The molecule has 5 aliphatic rings. The Balaban J connectivity index is 1.05. The van der Waals surface area contributed by atoms with E-state index in [1.807, 2.05) is 54.1 Å². The fourth-order valence-corrected chi connectivity index (χ4v) is 9.72. The molecule has 0 amide bonds. The molecule has 0 fully saturated rings. The molecule has 11 rings (SSSR count). The van der Waals surface area contributed by atoms with Crippen LogP contribution in [0.5, 0.6) is 0 Å². The number of aromatic nitrogens is 1. The second kappa shape index (κ2) is 15.7. The number of aliphatic imine (C=N–C) groups is 1. The molecule has 294 valence electrons. The number of thiophene rings is 1. The highest BCUT2D eigenvalue weighted by atomic mass is 32.1. The summed E-state index contributed by atoms with van der Waals surface area (Å²) in [6.45, 7) is 4.27. The Bertz CT molecular complexity index is 3460. The van der Waals surface area contributed by atoms with Crippen molar-refractivity contribution >= 4 is 60.0 Å². The van der Waals surface area contributed by atoms with E-state index in [4.69, 9.17) is 9.41 Å².